The molecule has 0 amide bonds. The maximum Gasteiger partial charge on any atom is 0.218 e. The third kappa shape index (κ3) is 6.43. The second-order valence-electron chi connectivity index (χ2n) is 7.74. The maximum atomic E-state index is 9.30. The number of hydrogen-bond donors (Lipinski definition) is 1. The number of aliphatic hydroxyl groups is 1. The first kappa shape index (κ1) is 23.0. The van der Waals surface area contributed by atoms with Gasteiger partial charge in [0.2, 0.25) is 5.89 Å². The van der Waals surface area contributed by atoms with Crippen LogP contribution in [0.4, 0.5) is 0 Å². The van der Waals surface area contributed by atoms with Crippen LogP contribution in [0.1, 0.15) is 40.5 Å². The zero-order valence-corrected chi connectivity index (χ0v) is 20.0. The molecule has 0 saturated heterocycles. The predicted molar refractivity (Wildman–Crippen MR) is 132 cm³/mol. The van der Waals surface area contributed by atoms with Crippen molar-refractivity contribution < 1.29 is 14.3 Å². The summed E-state index contributed by atoms with van der Waals surface area (Å²) in [5.74, 6) is 2.06. The van der Waals surface area contributed by atoms with Gasteiger partial charge in [0.1, 0.15) is 36.7 Å². The van der Waals surface area contributed by atoms with Crippen LogP contribution in [0.3, 0.4) is 0 Å². The molecule has 0 spiro atoms. The van der Waals surface area contributed by atoms with E-state index in [1.165, 1.54) is 11.1 Å². The van der Waals surface area contributed by atoms with Crippen molar-refractivity contribution in [3.05, 3.63) is 99.7 Å². The van der Waals surface area contributed by atoms with Crippen LogP contribution in [0.2, 0.25) is 0 Å². The summed E-state index contributed by atoms with van der Waals surface area (Å²) in [6.45, 7) is 3.24. The fourth-order valence-corrected chi connectivity index (χ4v) is 3.80. The molecule has 0 bridgehead atoms. The van der Waals surface area contributed by atoms with Crippen LogP contribution in [-0.2, 0) is 26.2 Å². The van der Waals surface area contributed by atoms with Gasteiger partial charge in [0.25, 0.3) is 0 Å². The van der Waals surface area contributed by atoms with Gasteiger partial charge in [-0.25, -0.2) is 9.97 Å². The summed E-state index contributed by atoms with van der Waals surface area (Å²) >= 11 is 3.43. The lowest BCUT2D eigenvalue weighted by Gasteiger charge is -2.10. The normalized spacial score (nSPS) is 11.4. The van der Waals surface area contributed by atoms with Crippen molar-refractivity contribution in [3.63, 3.8) is 0 Å². The van der Waals surface area contributed by atoms with Crippen molar-refractivity contribution in [2.45, 2.75) is 39.5 Å². The van der Waals surface area contributed by atoms with Gasteiger partial charge < -0.3 is 18.8 Å². The van der Waals surface area contributed by atoms with Crippen molar-refractivity contribution in [1.29, 1.82) is 0 Å². The summed E-state index contributed by atoms with van der Waals surface area (Å²) in [6.07, 6.45) is 11.0. The van der Waals surface area contributed by atoms with Gasteiger partial charge in [0.05, 0.1) is 0 Å². The largest absolute Gasteiger partial charge is 0.487 e. The standard InChI is InChI=1S/C26H26BrN3O3/c1-19-15-24(10-7-21(19)3-2-13-30-14-12-28-25(30)16-31)32-17-23-18-33-26(29-23)11-6-20-4-8-22(27)9-5-20/h4-12,14-15,18,31H,2-3,13,16-17H2,1H3/b11-6+. The summed E-state index contributed by atoms with van der Waals surface area (Å²) in [4.78, 5) is 8.61. The molecule has 0 fully saturated rings. The van der Waals surface area contributed by atoms with Gasteiger partial charge in [0, 0.05) is 29.5 Å². The van der Waals surface area contributed by atoms with E-state index in [2.05, 4.69) is 45.0 Å². The Kier molecular flexibility index (Phi) is 7.75. The molecule has 4 aromatic rings. The molecule has 0 unspecified atom stereocenters. The fraction of sp³-hybridized carbons (Fsp3) is 0.231. The second kappa shape index (κ2) is 11.1. The van der Waals surface area contributed by atoms with Gasteiger partial charge in [-0.2, -0.15) is 0 Å². The van der Waals surface area contributed by atoms with Crippen molar-refractivity contribution in [2.75, 3.05) is 0 Å². The molecule has 0 atom stereocenters. The first-order valence-electron chi connectivity index (χ1n) is 10.8. The van der Waals surface area contributed by atoms with E-state index in [1.807, 2.05) is 53.2 Å². The Morgan fingerprint density at radius 2 is 2.00 bits per heavy atom. The molecule has 0 saturated carbocycles. The van der Waals surface area contributed by atoms with Gasteiger partial charge >= 0.3 is 0 Å². The Morgan fingerprint density at radius 1 is 1.15 bits per heavy atom. The number of aliphatic hydroxyl groups excluding tert-OH is 1. The topological polar surface area (TPSA) is 73.3 Å². The minimum atomic E-state index is -0.0352. The van der Waals surface area contributed by atoms with Crippen molar-refractivity contribution in [2.24, 2.45) is 0 Å². The summed E-state index contributed by atoms with van der Waals surface area (Å²) in [5, 5.41) is 9.30. The Balaban J connectivity index is 1.27. The van der Waals surface area contributed by atoms with Gasteiger partial charge in [-0.3, -0.25) is 0 Å². The smallest absolute Gasteiger partial charge is 0.218 e. The van der Waals surface area contributed by atoms with Crippen LogP contribution in [0.25, 0.3) is 12.2 Å². The quantitative estimate of drug-likeness (QED) is 0.293. The molecule has 33 heavy (non-hydrogen) atoms. The number of hydrogen-bond acceptors (Lipinski definition) is 5. The molecule has 6 nitrogen and oxygen atoms in total. The van der Waals surface area contributed by atoms with E-state index in [0.717, 1.165) is 40.9 Å². The highest BCUT2D eigenvalue weighted by Gasteiger charge is 2.06. The number of nitrogens with zero attached hydrogens (tertiary/aromatic N) is 3. The average molecular weight is 508 g/mol. The number of aromatic nitrogens is 3. The highest BCUT2D eigenvalue weighted by atomic mass is 79.9. The van der Waals surface area contributed by atoms with Crippen LogP contribution < -0.4 is 4.74 Å². The van der Waals surface area contributed by atoms with E-state index in [0.29, 0.717) is 18.3 Å². The van der Waals surface area contributed by atoms with Crippen molar-refractivity contribution >= 4 is 28.1 Å². The van der Waals surface area contributed by atoms with Gasteiger partial charge in [-0.15, -0.1) is 0 Å². The lowest BCUT2D eigenvalue weighted by Crippen LogP contribution is -2.04. The van der Waals surface area contributed by atoms with E-state index in [1.54, 1.807) is 12.5 Å². The molecular formula is C26H26BrN3O3. The SMILES string of the molecule is Cc1cc(OCc2coc(/C=C/c3ccc(Br)cc3)n2)ccc1CCCn1ccnc1CO. The molecule has 0 aliphatic heterocycles. The molecule has 0 aliphatic carbocycles. The summed E-state index contributed by atoms with van der Waals surface area (Å²) in [7, 11) is 0. The highest BCUT2D eigenvalue weighted by Crippen LogP contribution is 2.20. The molecular weight excluding hydrogens is 482 g/mol. The Bertz CT molecular complexity index is 1210. The first-order chi connectivity index (χ1) is 16.1. The number of rotatable bonds is 10. The van der Waals surface area contributed by atoms with E-state index >= 15 is 0 Å². The van der Waals surface area contributed by atoms with E-state index in [-0.39, 0.29) is 6.61 Å². The van der Waals surface area contributed by atoms with Crippen molar-refractivity contribution in [3.8, 4) is 5.75 Å². The average Bonchev–Trinajstić information content (AvgIpc) is 3.47. The molecule has 4 rings (SSSR count). The van der Waals surface area contributed by atoms with E-state index < -0.39 is 0 Å². The van der Waals surface area contributed by atoms with Gasteiger partial charge in [-0.1, -0.05) is 34.1 Å². The minimum Gasteiger partial charge on any atom is -0.487 e. The molecule has 1 N–H and O–H groups in total. The number of halogens is 1. The number of imidazole rings is 1. The van der Waals surface area contributed by atoms with Gasteiger partial charge in [-0.05, 0) is 66.8 Å². The van der Waals surface area contributed by atoms with Gasteiger partial charge in [0.15, 0.2) is 0 Å². The third-order valence-electron chi connectivity index (χ3n) is 5.35. The monoisotopic (exact) mass is 507 g/mol. The summed E-state index contributed by atoms with van der Waals surface area (Å²) in [5.41, 5.74) is 4.30. The van der Waals surface area contributed by atoms with Crippen LogP contribution >= 0.6 is 15.9 Å². The zero-order valence-electron chi connectivity index (χ0n) is 18.4. The molecule has 0 aliphatic rings. The van der Waals surface area contributed by atoms with E-state index in [4.69, 9.17) is 9.15 Å². The highest BCUT2D eigenvalue weighted by molar-refractivity contribution is 9.10. The summed E-state index contributed by atoms with van der Waals surface area (Å²) in [6, 6.07) is 14.2. The Morgan fingerprint density at radius 3 is 2.79 bits per heavy atom. The molecule has 2 aromatic heterocycles. The van der Waals surface area contributed by atoms with E-state index in [9.17, 15) is 5.11 Å². The second-order valence-corrected chi connectivity index (χ2v) is 8.65. The lowest BCUT2D eigenvalue weighted by molar-refractivity contribution is 0.264. The maximum absolute atomic E-state index is 9.30. The third-order valence-corrected chi connectivity index (χ3v) is 5.88. The first-order valence-corrected chi connectivity index (χ1v) is 11.6. The number of ether oxygens (including phenoxy) is 1. The molecule has 2 heterocycles. The van der Waals surface area contributed by atoms with Crippen LogP contribution in [0.5, 0.6) is 5.75 Å². The van der Waals surface area contributed by atoms with Crippen LogP contribution in [0.15, 0.2) is 70.0 Å². The molecule has 170 valence electrons. The minimum absolute atomic E-state index is 0.0352. The van der Waals surface area contributed by atoms with Crippen LogP contribution in [-0.4, -0.2) is 19.6 Å². The Hall–Kier alpha value is -3.16. The zero-order chi connectivity index (χ0) is 23.0. The van der Waals surface area contributed by atoms with Crippen molar-refractivity contribution in [1.82, 2.24) is 14.5 Å². The fourth-order valence-electron chi connectivity index (χ4n) is 3.54. The number of benzene rings is 2. The molecule has 0 radical (unpaired) electrons. The predicted octanol–water partition coefficient (Wildman–Crippen LogP) is 5.82. The molecule has 7 heteroatoms. The summed E-state index contributed by atoms with van der Waals surface area (Å²) < 4.78 is 14.5. The number of aryl methyl sites for hydroxylation is 3. The molecule has 2 aromatic carbocycles. The lowest BCUT2D eigenvalue weighted by atomic mass is 10.0. The Labute approximate surface area is 201 Å². The number of oxazole rings is 1. The van der Waals surface area contributed by atoms with Crippen LogP contribution in [0, 0.1) is 6.92 Å².